The second-order valence-electron chi connectivity index (χ2n) is 5.82. The van der Waals surface area contributed by atoms with Crippen LogP contribution < -0.4 is 4.72 Å². The first-order valence-electron chi connectivity index (χ1n) is 6.45. The molecule has 21 heavy (non-hydrogen) atoms. The fraction of sp³-hybridized carbons (Fsp3) is 0.571. The smallest absolute Gasteiger partial charge is 0.298 e. The van der Waals surface area contributed by atoms with Crippen LogP contribution in [0.4, 0.5) is 13.2 Å². The minimum absolute atomic E-state index is 0.372. The van der Waals surface area contributed by atoms with Crippen LogP contribution in [0, 0.1) is 5.82 Å². The summed E-state index contributed by atoms with van der Waals surface area (Å²) in [4.78, 5) is 0. The number of hydrogen-bond donors (Lipinski definition) is 2. The Labute approximate surface area is 125 Å². The highest BCUT2D eigenvalue weighted by molar-refractivity contribution is 7.90. The van der Waals surface area contributed by atoms with Crippen LogP contribution in [0.2, 0.25) is 0 Å². The quantitative estimate of drug-likeness (QED) is 0.819. The van der Waals surface area contributed by atoms with Gasteiger partial charge in [-0.1, -0.05) is 6.07 Å². The van der Waals surface area contributed by atoms with Crippen molar-refractivity contribution in [3.63, 3.8) is 0 Å². The Hall–Kier alpha value is -0.760. The number of halogens is 3. The second-order valence-corrected chi connectivity index (χ2v) is 7.82. The van der Waals surface area contributed by atoms with E-state index in [1.54, 1.807) is 27.7 Å². The van der Waals surface area contributed by atoms with Gasteiger partial charge in [-0.25, -0.2) is 4.39 Å². The SMILES string of the molecule is C[C@@H](N[S@+]([O-])C(C)(C)C)c1ccc(F)c(C(F)(F)CO)c1. The lowest BCUT2D eigenvalue weighted by Crippen LogP contribution is -2.40. The molecular weight excluding hydrogens is 303 g/mol. The molecule has 1 rings (SSSR count). The molecule has 1 aromatic rings. The van der Waals surface area contributed by atoms with E-state index in [9.17, 15) is 17.7 Å². The van der Waals surface area contributed by atoms with Crippen LogP contribution in [0.15, 0.2) is 18.2 Å². The van der Waals surface area contributed by atoms with E-state index in [-0.39, 0.29) is 0 Å². The average Bonchev–Trinajstić information content (AvgIpc) is 2.37. The van der Waals surface area contributed by atoms with E-state index in [2.05, 4.69) is 4.72 Å². The maximum atomic E-state index is 13.5. The van der Waals surface area contributed by atoms with Gasteiger partial charge in [0.2, 0.25) is 0 Å². The highest BCUT2D eigenvalue weighted by Crippen LogP contribution is 2.31. The number of nitrogens with one attached hydrogen (secondary N) is 1. The van der Waals surface area contributed by atoms with Gasteiger partial charge in [-0.2, -0.15) is 8.78 Å². The largest absolute Gasteiger partial charge is 0.598 e. The topological polar surface area (TPSA) is 55.3 Å². The summed E-state index contributed by atoms with van der Waals surface area (Å²) >= 11 is -1.38. The van der Waals surface area contributed by atoms with Gasteiger partial charge in [0.15, 0.2) is 0 Å². The summed E-state index contributed by atoms with van der Waals surface area (Å²) in [6.45, 7) is 5.51. The van der Waals surface area contributed by atoms with Crippen molar-refractivity contribution in [1.82, 2.24) is 4.72 Å². The van der Waals surface area contributed by atoms with Gasteiger partial charge in [0.25, 0.3) is 5.92 Å². The maximum absolute atomic E-state index is 13.5. The van der Waals surface area contributed by atoms with Gasteiger partial charge in [-0.15, -0.1) is 4.72 Å². The number of hydrogen-bond acceptors (Lipinski definition) is 3. The first-order valence-corrected chi connectivity index (χ1v) is 7.60. The summed E-state index contributed by atoms with van der Waals surface area (Å²) in [6, 6.07) is 2.76. The van der Waals surface area contributed by atoms with E-state index in [4.69, 9.17) is 5.11 Å². The zero-order chi connectivity index (χ0) is 16.4. The van der Waals surface area contributed by atoms with Crippen molar-refractivity contribution in [1.29, 1.82) is 0 Å². The lowest BCUT2D eigenvalue weighted by molar-refractivity contribution is -0.0583. The predicted octanol–water partition coefficient (Wildman–Crippen LogP) is 3.02. The van der Waals surface area contributed by atoms with Crippen molar-refractivity contribution in [3.8, 4) is 0 Å². The van der Waals surface area contributed by atoms with Crippen molar-refractivity contribution in [2.75, 3.05) is 6.61 Å². The third-order valence-electron chi connectivity index (χ3n) is 2.92. The van der Waals surface area contributed by atoms with E-state index in [1.807, 2.05) is 0 Å². The predicted molar refractivity (Wildman–Crippen MR) is 76.8 cm³/mol. The molecule has 0 aliphatic carbocycles. The molecule has 0 unspecified atom stereocenters. The van der Waals surface area contributed by atoms with E-state index in [0.717, 1.165) is 12.1 Å². The first-order chi connectivity index (χ1) is 9.49. The zero-order valence-electron chi connectivity index (χ0n) is 12.4. The maximum Gasteiger partial charge on any atom is 0.298 e. The van der Waals surface area contributed by atoms with E-state index >= 15 is 0 Å². The van der Waals surface area contributed by atoms with E-state index in [0.29, 0.717) is 5.56 Å². The Morgan fingerprint density at radius 2 is 1.90 bits per heavy atom. The molecule has 0 saturated carbocycles. The van der Waals surface area contributed by atoms with Gasteiger partial charge in [0.05, 0.1) is 11.6 Å². The molecule has 0 amide bonds. The van der Waals surface area contributed by atoms with Crippen LogP contribution in [0.5, 0.6) is 0 Å². The lowest BCUT2D eigenvalue weighted by Gasteiger charge is -2.27. The van der Waals surface area contributed by atoms with Gasteiger partial charge >= 0.3 is 0 Å². The van der Waals surface area contributed by atoms with E-state index < -0.39 is 46.1 Å². The molecule has 0 bridgehead atoms. The Morgan fingerprint density at radius 1 is 1.33 bits per heavy atom. The number of aliphatic hydroxyl groups is 1. The molecule has 0 spiro atoms. The Morgan fingerprint density at radius 3 is 2.38 bits per heavy atom. The van der Waals surface area contributed by atoms with Crippen molar-refractivity contribution in [2.24, 2.45) is 0 Å². The minimum Gasteiger partial charge on any atom is -0.598 e. The Bertz CT molecular complexity index is 492. The summed E-state index contributed by atoms with van der Waals surface area (Å²) in [5.74, 6) is -4.73. The number of aliphatic hydroxyl groups excluding tert-OH is 1. The Balaban J connectivity index is 3.02. The molecular formula is C14H20F3NO2S. The number of alkyl halides is 2. The summed E-state index contributed by atoms with van der Waals surface area (Å²) < 4.78 is 54.7. The molecule has 3 nitrogen and oxygen atoms in total. The molecule has 0 aliphatic rings. The van der Waals surface area contributed by atoms with Crippen molar-refractivity contribution in [2.45, 2.75) is 44.4 Å². The Kier molecular flexibility index (Phi) is 5.71. The molecule has 2 atom stereocenters. The molecule has 0 heterocycles. The van der Waals surface area contributed by atoms with Crippen molar-refractivity contribution >= 4 is 11.4 Å². The standard InChI is InChI=1S/C14H20F3NO2S/c1-9(18-21(20)13(2,3)4)10-5-6-12(15)11(7-10)14(16,17)8-19/h5-7,9,18-19H,8H2,1-4H3/t9-,21-/m1/s1. The minimum atomic E-state index is -3.65. The van der Waals surface area contributed by atoms with Crippen molar-refractivity contribution < 1.29 is 22.8 Å². The third-order valence-corrected chi connectivity index (χ3v) is 4.60. The normalized spacial score (nSPS) is 15.9. The molecule has 0 saturated heterocycles. The van der Waals surface area contributed by atoms with Crippen LogP contribution in [0.1, 0.15) is 44.9 Å². The van der Waals surface area contributed by atoms with Crippen molar-refractivity contribution in [3.05, 3.63) is 35.1 Å². The summed E-state index contributed by atoms with van der Waals surface area (Å²) in [5.41, 5.74) is -0.491. The fourth-order valence-corrected chi connectivity index (χ4v) is 2.39. The van der Waals surface area contributed by atoms with Crippen LogP contribution in [-0.2, 0) is 17.3 Å². The first kappa shape index (κ1) is 18.3. The average molecular weight is 323 g/mol. The lowest BCUT2D eigenvalue weighted by atomic mass is 10.0. The number of rotatable bonds is 5. The van der Waals surface area contributed by atoms with Gasteiger partial charge in [-0.3, -0.25) is 0 Å². The third kappa shape index (κ3) is 4.60. The van der Waals surface area contributed by atoms with Crippen LogP contribution >= 0.6 is 0 Å². The van der Waals surface area contributed by atoms with Crippen LogP contribution in [0.3, 0.4) is 0 Å². The van der Waals surface area contributed by atoms with Crippen LogP contribution in [-0.4, -0.2) is 21.0 Å². The molecule has 7 heteroatoms. The summed E-state index contributed by atoms with van der Waals surface area (Å²) in [7, 11) is 0. The van der Waals surface area contributed by atoms with Gasteiger partial charge < -0.3 is 9.66 Å². The van der Waals surface area contributed by atoms with Gasteiger partial charge in [-0.05, 0) is 45.4 Å². The molecule has 1 aromatic carbocycles. The highest BCUT2D eigenvalue weighted by atomic mass is 32.2. The number of benzene rings is 1. The molecule has 120 valence electrons. The fourth-order valence-electron chi connectivity index (χ4n) is 1.58. The zero-order valence-corrected chi connectivity index (χ0v) is 13.2. The second kappa shape index (κ2) is 6.56. The monoisotopic (exact) mass is 323 g/mol. The van der Waals surface area contributed by atoms with Gasteiger partial charge in [0, 0.05) is 11.4 Å². The summed E-state index contributed by atoms with van der Waals surface area (Å²) in [5, 5.41) is 8.67. The molecule has 2 N–H and O–H groups in total. The molecule has 0 radical (unpaired) electrons. The van der Waals surface area contributed by atoms with Gasteiger partial charge in [0.1, 0.15) is 17.2 Å². The molecule has 0 fully saturated rings. The van der Waals surface area contributed by atoms with E-state index in [1.165, 1.54) is 6.07 Å². The van der Waals surface area contributed by atoms with Crippen LogP contribution in [0.25, 0.3) is 0 Å². The summed E-state index contributed by atoms with van der Waals surface area (Å²) in [6.07, 6.45) is 0. The molecule has 0 aliphatic heterocycles. The highest BCUT2D eigenvalue weighted by Gasteiger charge is 2.35. The molecule has 0 aromatic heterocycles.